The maximum atomic E-state index is 14.0. The van der Waals surface area contributed by atoms with E-state index in [0.717, 1.165) is 0 Å². The van der Waals surface area contributed by atoms with Gasteiger partial charge in [-0.15, -0.1) is 0 Å². The van der Waals surface area contributed by atoms with Crippen LogP contribution >= 0.6 is 0 Å². The molecule has 0 spiro atoms. The topological polar surface area (TPSA) is 192 Å². The van der Waals surface area contributed by atoms with Crippen LogP contribution < -0.4 is 5.73 Å². The van der Waals surface area contributed by atoms with Gasteiger partial charge < -0.3 is 21.1 Å². The molecule has 3 aliphatic rings. The highest BCUT2D eigenvalue weighted by Crippen LogP contribution is 2.55. The number of carbonyl (C=O) groups is 6. The van der Waals surface area contributed by atoms with Crippen LogP contribution in [-0.2, 0) is 19.2 Å². The van der Waals surface area contributed by atoms with E-state index < -0.39 is 82.1 Å². The lowest BCUT2D eigenvalue weighted by Gasteiger charge is -2.56. The Hall–Kier alpha value is -4.06. The van der Waals surface area contributed by atoms with Gasteiger partial charge in [-0.3, -0.25) is 33.7 Å². The Labute approximate surface area is 228 Å². The molecular weight excluding hydrogens is 520 g/mol. The fourth-order valence-corrected chi connectivity index (χ4v) is 7.00. The molecule has 2 aromatic carbocycles. The Morgan fingerprint density at radius 3 is 2.35 bits per heavy atom. The molecule has 208 valence electrons. The van der Waals surface area contributed by atoms with E-state index in [1.807, 2.05) is 0 Å². The largest absolute Gasteiger partial charge is 0.507 e. The average Bonchev–Trinajstić information content (AvgIpc) is 2.90. The fourth-order valence-electron chi connectivity index (χ4n) is 7.00. The van der Waals surface area contributed by atoms with Crippen molar-refractivity contribution >= 4 is 35.3 Å². The first-order valence-corrected chi connectivity index (χ1v) is 12.7. The molecule has 3 aliphatic carbocycles. The molecule has 8 atom stereocenters. The van der Waals surface area contributed by atoms with Gasteiger partial charge in [-0.1, -0.05) is 37.3 Å². The predicted molar refractivity (Wildman–Crippen MR) is 138 cm³/mol. The van der Waals surface area contributed by atoms with Crippen molar-refractivity contribution in [3.8, 4) is 16.9 Å². The standard InChI is InChI=1S/C29H28N2O9/c1-11-14-7-8-15(13-6-4-5-12(9-13)10-32)22(33)17(14)23(34)18-16(11)24(35)20-21(31(2)3)25(36)19(28(30)39)27(38)29(20,40)26(18)37/h4-11,16,18-21,24,33,35,40H,1-3H3,(H2,30,39)/t11-,16+,18?,19?,20+,21-,24-,29-/m1/s1. The van der Waals surface area contributed by atoms with Crippen LogP contribution in [0.4, 0.5) is 0 Å². The quantitative estimate of drug-likeness (QED) is 0.296. The van der Waals surface area contributed by atoms with Gasteiger partial charge in [0.25, 0.3) is 0 Å². The second-order valence-corrected chi connectivity index (χ2v) is 11.0. The number of fused-ring (bicyclic) bond motifs is 3. The van der Waals surface area contributed by atoms with Gasteiger partial charge in [0.1, 0.15) is 12.0 Å². The summed E-state index contributed by atoms with van der Waals surface area (Å²) in [6.07, 6.45) is -1.07. The Morgan fingerprint density at radius 2 is 1.75 bits per heavy atom. The van der Waals surface area contributed by atoms with Crippen molar-refractivity contribution in [1.82, 2.24) is 4.90 Å². The predicted octanol–water partition coefficient (Wildman–Crippen LogP) is -0.122. The fraction of sp³-hybridized carbons (Fsp3) is 0.379. The van der Waals surface area contributed by atoms with E-state index >= 15 is 0 Å². The molecule has 0 aromatic heterocycles. The molecule has 40 heavy (non-hydrogen) atoms. The van der Waals surface area contributed by atoms with Gasteiger partial charge in [-0.2, -0.15) is 0 Å². The van der Waals surface area contributed by atoms with Gasteiger partial charge in [-0.25, -0.2) is 0 Å². The zero-order chi connectivity index (χ0) is 29.4. The van der Waals surface area contributed by atoms with Crippen LogP contribution in [0.2, 0.25) is 0 Å². The number of aromatic hydroxyl groups is 1. The van der Waals surface area contributed by atoms with Crippen LogP contribution in [0.3, 0.4) is 0 Å². The lowest BCUT2D eigenvalue weighted by molar-refractivity contribution is -0.196. The number of amides is 1. The summed E-state index contributed by atoms with van der Waals surface area (Å²) in [5.41, 5.74) is 3.37. The first kappa shape index (κ1) is 27.5. The summed E-state index contributed by atoms with van der Waals surface area (Å²) >= 11 is 0. The van der Waals surface area contributed by atoms with E-state index in [-0.39, 0.29) is 11.1 Å². The van der Waals surface area contributed by atoms with Crippen molar-refractivity contribution in [3.05, 3.63) is 53.1 Å². The van der Waals surface area contributed by atoms with Gasteiger partial charge >= 0.3 is 0 Å². The van der Waals surface area contributed by atoms with Crippen molar-refractivity contribution in [1.29, 1.82) is 0 Å². The highest BCUT2D eigenvalue weighted by atomic mass is 16.3. The highest BCUT2D eigenvalue weighted by molar-refractivity contribution is 6.32. The number of aldehydes is 1. The molecule has 11 nitrogen and oxygen atoms in total. The third-order valence-electron chi connectivity index (χ3n) is 8.82. The van der Waals surface area contributed by atoms with Crippen LogP contribution in [0.1, 0.15) is 39.1 Å². The third-order valence-corrected chi connectivity index (χ3v) is 8.82. The lowest BCUT2D eigenvalue weighted by atomic mass is 9.49. The summed E-state index contributed by atoms with van der Waals surface area (Å²) in [5.74, 6) is -13.8. The maximum Gasteiger partial charge on any atom is 0.235 e. The van der Waals surface area contributed by atoms with E-state index in [1.54, 1.807) is 37.3 Å². The molecule has 0 saturated heterocycles. The number of phenols is 1. The number of ketones is 4. The molecule has 11 heteroatoms. The first-order chi connectivity index (χ1) is 18.8. The molecule has 2 saturated carbocycles. The number of benzene rings is 2. The number of primary amides is 1. The second kappa shape index (κ2) is 9.26. The molecule has 0 bridgehead atoms. The Balaban J connectivity index is 1.70. The minimum absolute atomic E-state index is 0.208. The smallest absolute Gasteiger partial charge is 0.235 e. The molecule has 2 fully saturated rings. The number of nitrogens with zero attached hydrogens (tertiary/aromatic N) is 1. The molecule has 0 aliphatic heterocycles. The van der Waals surface area contributed by atoms with Crippen molar-refractivity contribution < 1.29 is 44.1 Å². The summed E-state index contributed by atoms with van der Waals surface area (Å²) in [7, 11) is 2.87. The number of rotatable bonds is 4. The molecule has 2 unspecified atom stereocenters. The number of carbonyl (C=O) groups excluding carboxylic acids is 6. The number of nitrogens with two attached hydrogens (primary N) is 1. The summed E-state index contributed by atoms with van der Waals surface area (Å²) in [6.45, 7) is 1.64. The van der Waals surface area contributed by atoms with E-state index in [9.17, 15) is 44.1 Å². The van der Waals surface area contributed by atoms with E-state index in [1.165, 1.54) is 25.1 Å². The van der Waals surface area contributed by atoms with Crippen molar-refractivity contribution in [2.45, 2.75) is 30.6 Å². The minimum atomic E-state index is -3.05. The van der Waals surface area contributed by atoms with Gasteiger partial charge in [0.05, 0.1) is 29.5 Å². The number of likely N-dealkylation sites (N-methyl/N-ethyl adjacent to an activating group) is 1. The molecule has 2 aromatic rings. The molecule has 5 rings (SSSR count). The molecule has 0 heterocycles. The van der Waals surface area contributed by atoms with Crippen LogP contribution in [-0.4, -0.2) is 87.4 Å². The van der Waals surface area contributed by atoms with Crippen LogP contribution in [0.15, 0.2) is 36.4 Å². The summed E-state index contributed by atoms with van der Waals surface area (Å²) in [6, 6.07) is 8.02. The van der Waals surface area contributed by atoms with Crippen LogP contribution in [0, 0.1) is 23.7 Å². The third kappa shape index (κ3) is 3.48. The molecular formula is C29H28N2O9. The maximum absolute atomic E-state index is 14.0. The Morgan fingerprint density at radius 1 is 1.07 bits per heavy atom. The number of Topliss-reactive ketones (excluding diaryl/α,β-unsaturated/α-hetero) is 4. The Kier molecular flexibility index (Phi) is 6.36. The van der Waals surface area contributed by atoms with Gasteiger partial charge in [0.15, 0.2) is 34.7 Å². The van der Waals surface area contributed by atoms with Gasteiger partial charge in [-0.05, 0) is 37.2 Å². The average molecular weight is 549 g/mol. The van der Waals surface area contributed by atoms with E-state index in [0.29, 0.717) is 23.0 Å². The SMILES string of the molecule is C[C@@H]1c2ccc(-c3cccc(C=O)c3)c(O)c2C(=O)C2C(=O)[C@@]3(O)C(=O)C(C(N)=O)C(=O)[C@H](N(C)C)[C@H]3[C@H](O)[C@H]21. The van der Waals surface area contributed by atoms with E-state index in [2.05, 4.69) is 0 Å². The Bertz CT molecular complexity index is 1510. The first-order valence-electron chi connectivity index (χ1n) is 12.7. The zero-order valence-corrected chi connectivity index (χ0v) is 21.9. The van der Waals surface area contributed by atoms with Gasteiger partial charge in [0, 0.05) is 17.0 Å². The monoisotopic (exact) mass is 548 g/mol. The number of hydrogen-bond donors (Lipinski definition) is 4. The number of aliphatic hydroxyl groups excluding tert-OH is 1. The molecule has 0 radical (unpaired) electrons. The van der Waals surface area contributed by atoms with E-state index in [4.69, 9.17) is 5.73 Å². The number of aliphatic hydroxyl groups is 2. The minimum Gasteiger partial charge on any atom is -0.507 e. The zero-order valence-electron chi connectivity index (χ0n) is 21.9. The van der Waals surface area contributed by atoms with Crippen molar-refractivity contribution in [3.63, 3.8) is 0 Å². The summed E-state index contributed by atoms with van der Waals surface area (Å²) < 4.78 is 0. The van der Waals surface area contributed by atoms with Crippen LogP contribution in [0.5, 0.6) is 5.75 Å². The summed E-state index contributed by atoms with van der Waals surface area (Å²) in [5, 5.41) is 34.6. The number of phenolic OH excluding ortho intramolecular Hbond substituents is 1. The lowest BCUT2D eigenvalue weighted by Crippen LogP contribution is -2.77. The summed E-state index contributed by atoms with van der Waals surface area (Å²) in [4.78, 5) is 79.3. The molecule has 1 amide bonds. The van der Waals surface area contributed by atoms with Crippen molar-refractivity contribution in [2.24, 2.45) is 29.4 Å². The normalized spacial score (nSPS) is 33.3. The van der Waals surface area contributed by atoms with Crippen molar-refractivity contribution in [2.75, 3.05) is 14.1 Å². The van der Waals surface area contributed by atoms with Gasteiger partial charge in [0.2, 0.25) is 5.91 Å². The molecule has 5 N–H and O–H groups in total. The second-order valence-electron chi connectivity index (χ2n) is 11.0. The van der Waals surface area contributed by atoms with Crippen LogP contribution in [0.25, 0.3) is 11.1 Å². The number of hydrogen-bond acceptors (Lipinski definition) is 10. The highest BCUT2D eigenvalue weighted by Gasteiger charge is 2.72.